The van der Waals surface area contributed by atoms with Crippen LogP contribution < -0.4 is 0 Å². The van der Waals surface area contributed by atoms with Crippen molar-refractivity contribution in [2.75, 3.05) is 0 Å². The number of hydrogen-bond acceptors (Lipinski definition) is 1. The second-order valence-electron chi connectivity index (χ2n) is 4.54. The molecule has 2 N–H and O–H groups in total. The minimum atomic E-state index is -0.826. The van der Waals surface area contributed by atoms with Gasteiger partial charge in [-0.15, -0.1) is 0 Å². The molecule has 1 aliphatic rings. The average molecular weight is 207 g/mol. The maximum absolute atomic E-state index is 11.1. The Balaban J connectivity index is 2.56. The summed E-state index contributed by atoms with van der Waals surface area (Å²) in [7, 11) is 0. The second kappa shape index (κ2) is 3.72. The highest BCUT2D eigenvalue weighted by Crippen LogP contribution is 2.31. The summed E-state index contributed by atoms with van der Waals surface area (Å²) in [6, 6.07) is 0. The molecule has 0 spiro atoms. The fourth-order valence-corrected chi connectivity index (χ4v) is 2.52. The summed E-state index contributed by atoms with van der Waals surface area (Å²) in [5.41, 5.74) is 3.87. The fraction of sp³-hybridized carbons (Fsp3) is 0.583. The van der Waals surface area contributed by atoms with Gasteiger partial charge in [-0.3, -0.25) is 0 Å². The van der Waals surface area contributed by atoms with Gasteiger partial charge in [0, 0.05) is 5.69 Å². The van der Waals surface area contributed by atoms with Crippen molar-refractivity contribution in [2.24, 2.45) is 0 Å². The van der Waals surface area contributed by atoms with Gasteiger partial charge in [0.05, 0.1) is 0 Å². The second-order valence-corrected chi connectivity index (χ2v) is 4.54. The van der Waals surface area contributed by atoms with Crippen molar-refractivity contribution < 1.29 is 9.90 Å². The molecule has 1 aliphatic carbocycles. The lowest BCUT2D eigenvalue weighted by atomic mass is 9.90. The van der Waals surface area contributed by atoms with Gasteiger partial charge in [-0.25, -0.2) is 4.79 Å². The number of carboxylic acid groups (broad SMARTS) is 1. The quantitative estimate of drug-likeness (QED) is 0.783. The zero-order chi connectivity index (χ0) is 11.0. The molecule has 0 unspecified atom stereocenters. The van der Waals surface area contributed by atoms with E-state index in [1.807, 2.05) is 0 Å². The van der Waals surface area contributed by atoms with Crippen LogP contribution in [0.4, 0.5) is 0 Å². The maximum Gasteiger partial charge on any atom is 0.352 e. The molecule has 0 atom stereocenters. The molecule has 0 bridgehead atoms. The van der Waals surface area contributed by atoms with E-state index in [-0.39, 0.29) is 5.92 Å². The first-order valence-electron chi connectivity index (χ1n) is 5.58. The molecule has 1 aromatic heterocycles. The molecule has 1 heterocycles. The van der Waals surface area contributed by atoms with Crippen molar-refractivity contribution in [1.29, 1.82) is 0 Å². The summed E-state index contributed by atoms with van der Waals surface area (Å²) in [6.07, 6.45) is 4.39. The lowest BCUT2D eigenvalue weighted by Crippen LogP contribution is -2.05. The summed E-state index contributed by atoms with van der Waals surface area (Å²) < 4.78 is 0. The first-order chi connectivity index (χ1) is 7.11. The number of aromatic carboxylic acids is 1. The van der Waals surface area contributed by atoms with Gasteiger partial charge in [0.2, 0.25) is 0 Å². The van der Waals surface area contributed by atoms with Crippen molar-refractivity contribution in [3.8, 4) is 0 Å². The monoisotopic (exact) mass is 207 g/mol. The molecule has 0 aromatic carbocycles. The van der Waals surface area contributed by atoms with Gasteiger partial charge in [-0.2, -0.15) is 0 Å². The van der Waals surface area contributed by atoms with Gasteiger partial charge >= 0.3 is 5.97 Å². The summed E-state index contributed by atoms with van der Waals surface area (Å²) in [4.78, 5) is 14.2. The van der Waals surface area contributed by atoms with E-state index in [4.69, 9.17) is 5.11 Å². The number of fused-ring (bicyclic) bond motifs is 1. The number of aromatic nitrogens is 1. The van der Waals surface area contributed by atoms with Crippen molar-refractivity contribution in [2.45, 2.75) is 45.4 Å². The number of H-pyrrole nitrogens is 1. The van der Waals surface area contributed by atoms with E-state index in [1.165, 1.54) is 18.4 Å². The molecule has 0 aliphatic heterocycles. The first kappa shape index (κ1) is 10.3. The van der Waals surface area contributed by atoms with E-state index in [1.54, 1.807) is 0 Å². The Kier molecular flexibility index (Phi) is 2.55. The van der Waals surface area contributed by atoms with Gasteiger partial charge < -0.3 is 10.1 Å². The third-order valence-corrected chi connectivity index (χ3v) is 3.13. The molecule has 0 amide bonds. The Morgan fingerprint density at radius 1 is 1.33 bits per heavy atom. The SMILES string of the molecule is CC(C)c1c(C(=O)O)[nH]c2c1CCCC2. The maximum atomic E-state index is 11.1. The third-order valence-electron chi connectivity index (χ3n) is 3.13. The largest absolute Gasteiger partial charge is 0.477 e. The van der Waals surface area contributed by atoms with E-state index in [2.05, 4.69) is 18.8 Å². The van der Waals surface area contributed by atoms with Gasteiger partial charge in [0.15, 0.2) is 0 Å². The molecular formula is C12H17NO2. The average Bonchev–Trinajstić information content (AvgIpc) is 2.56. The summed E-state index contributed by atoms with van der Waals surface area (Å²) in [5, 5.41) is 9.13. The normalized spacial score (nSPS) is 15.4. The topological polar surface area (TPSA) is 53.1 Å². The molecule has 0 saturated carbocycles. The summed E-state index contributed by atoms with van der Waals surface area (Å²) in [5.74, 6) is -0.540. The van der Waals surface area contributed by atoms with Gasteiger partial charge in [-0.05, 0) is 42.7 Å². The lowest BCUT2D eigenvalue weighted by molar-refractivity contribution is 0.0689. The molecule has 2 rings (SSSR count). The minimum absolute atomic E-state index is 0.286. The Morgan fingerprint density at radius 2 is 2.00 bits per heavy atom. The summed E-state index contributed by atoms with van der Waals surface area (Å²) >= 11 is 0. The van der Waals surface area contributed by atoms with Gasteiger partial charge in [-0.1, -0.05) is 13.8 Å². The fourth-order valence-electron chi connectivity index (χ4n) is 2.52. The van der Waals surface area contributed by atoms with E-state index in [9.17, 15) is 4.79 Å². The van der Waals surface area contributed by atoms with Crippen LogP contribution in [0.5, 0.6) is 0 Å². The predicted molar refractivity (Wildman–Crippen MR) is 58.5 cm³/mol. The van der Waals surface area contributed by atoms with Crippen molar-refractivity contribution >= 4 is 5.97 Å². The van der Waals surface area contributed by atoms with Crippen LogP contribution in [-0.4, -0.2) is 16.1 Å². The highest BCUT2D eigenvalue weighted by Gasteiger charge is 2.24. The van der Waals surface area contributed by atoms with Crippen LogP contribution in [0.2, 0.25) is 0 Å². The number of aryl methyl sites for hydroxylation is 1. The molecule has 15 heavy (non-hydrogen) atoms. The molecule has 0 radical (unpaired) electrons. The highest BCUT2D eigenvalue weighted by atomic mass is 16.4. The Hall–Kier alpha value is -1.25. The van der Waals surface area contributed by atoms with Crippen molar-refractivity contribution in [3.63, 3.8) is 0 Å². The Bertz CT molecular complexity index is 391. The zero-order valence-electron chi connectivity index (χ0n) is 9.26. The number of hydrogen-bond donors (Lipinski definition) is 2. The molecule has 82 valence electrons. The molecular weight excluding hydrogens is 190 g/mol. The number of aromatic amines is 1. The van der Waals surface area contributed by atoms with Crippen LogP contribution in [0.1, 0.15) is 59.9 Å². The summed E-state index contributed by atoms with van der Waals surface area (Å²) in [6.45, 7) is 4.12. The van der Waals surface area contributed by atoms with Crippen LogP contribution in [0.3, 0.4) is 0 Å². The molecule has 0 fully saturated rings. The standard InChI is InChI=1S/C12H17NO2/c1-7(2)10-8-5-3-4-6-9(8)13-11(10)12(14)15/h7,13H,3-6H2,1-2H3,(H,14,15). The van der Waals surface area contributed by atoms with E-state index < -0.39 is 5.97 Å². The van der Waals surface area contributed by atoms with E-state index in [0.29, 0.717) is 5.69 Å². The van der Waals surface area contributed by atoms with Gasteiger partial charge in [0.25, 0.3) is 0 Å². The zero-order valence-corrected chi connectivity index (χ0v) is 9.26. The van der Waals surface area contributed by atoms with Crippen LogP contribution in [-0.2, 0) is 12.8 Å². The Labute approximate surface area is 89.5 Å². The molecule has 0 saturated heterocycles. The van der Waals surface area contributed by atoms with Crippen LogP contribution >= 0.6 is 0 Å². The number of rotatable bonds is 2. The van der Waals surface area contributed by atoms with Crippen molar-refractivity contribution in [3.05, 3.63) is 22.5 Å². The lowest BCUT2D eigenvalue weighted by Gasteiger charge is -2.14. The van der Waals surface area contributed by atoms with Crippen LogP contribution in [0.25, 0.3) is 0 Å². The molecule has 3 heteroatoms. The highest BCUT2D eigenvalue weighted by molar-refractivity contribution is 5.88. The minimum Gasteiger partial charge on any atom is -0.477 e. The number of carboxylic acids is 1. The molecule has 1 aromatic rings. The Morgan fingerprint density at radius 3 is 2.60 bits per heavy atom. The van der Waals surface area contributed by atoms with Gasteiger partial charge in [0.1, 0.15) is 5.69 Å². The first-order valence-corrected chi connectivity index (χ1v) is 5.58. The van der Waals surface area contributed by atoms with Crippen LogP contribution in [0, 0.1) is 0 Å². The smallest absolute Gasteiger partial charge is 0.352 e. The van der Waals surface area contributed by atoms with E-state index >= 15 is 0 Å². The van der Waals surface area contributed by atoms with Crippen molar-refractivity contribution in [1.82, 2.24) is 4.98 Å². The van der Waals surface area contributed by atoms with E-state index in [0.717, 1.165) is 24.1 Å². The third kappa shape index (κ3) is 1.66. The molecule has 3 nitrogen and oxygen atoms in total. The number of nitrogens with one attached hydrogen (secondary N) is 1. The predicted octanol–water partition coefficient (Wildman–Crippen LogP) is 2.72. The van der Waals surface area contributed by atoms with Crippen LogP contribution in [0.15, 0.2) is 0 Å². The number of carbonyl (C=O) groups is 1.